The number of aromatic carboxylic acids is 1. The minimum Gasteiger partial charge on any atom is -0.493 e. The predicted octanol–water partition coefficient (Wildman–Crippen LogP) is 4.71. The van der Waals surface area contributed by atoms with Crippen LogP contribution < -0.4 is 19.7 Å². The Labute approximate surface area is 220 Å². The number of imide groups is 2. The number of nitrogens with one attached hydrogen (secondary N) is 1. The molecule has 1 heterocycles. The lowest BCUT2D eigenvalue weighted by atomic mass is 10.1. The first kappa shape index (κ1) is 25.6. The first-order valence-corrected chi connectivity index (χ1v) is 11.8. The average molecular weight is 565 g/mol. The molecule has 0 aliphatic carbocycles. The van der Waals surface area contributed by atoms with Crippen molar-refractivity contribution in [3.05, 3.63) is 93.0 Å². The molecule has 0 aromatic heterocycles. The number of halogens is 1. The molecule has 4 rings (SSSR count). The minimum absolute atomic E-state index is 0.0822. The van der Waals surface area contributed by atoms with E-state index in [-0.39, 0.29) is 17.7 Å². The molecule has 0 spiro atoms. The number of hydrogen-bond acceptors (Lipinski definition) is 6. The van der Waals surface area contributed by atoms with Gasteiger partial charge in [0, 0.05) is 4.47 Å². The first-order chi connectivity index (χ1) is 17.7. The highest BCUT2D eigenvalue weighted by Crippen LogP contribution is 2.36. The second kappa shape index (κ2) is 10.7. The van der Waals surface area contributed by atoms with Gasteiger partial charge in [-0.2, -0.15) is 0 Å². The van der Waals surface area contributed by atoms with Crippen LogP contribution in [0.25, 0.3) is 6.08 Å². The summed E-state index contributed by atoms with van der Waals surface area (Å²) < 4.78 is 11.8. The number of carbonyl (C=O) groups is 4. The van der Waals surface area contributed by atoms with Gasteiger partial charge < -0.3 is 14.6 Å². The molecule has 37 heavy (non-hydrogen) atoms. The number of nitrogens with zero attached hydrogens (tertiary/aromatic N) is 1. The number of carboxylic acids is 1. The van der Waals surface area contributed by atoms with E-state index >= 15 is 0 Å². The highest BCUT2D eigenvalue weighted by Gasteiger charge is 2.37. The van der Waals surface area contributed by atoms with Crippen LogP contribution in [0.1, 0.15) is 27.0 Å². The van der Waals surface area contributed by atoms with Crippen molar-refractivity contribution in [2.45, 2.75) is 13.5 Å². The SMILES string of the molecule is COc1cc(/C=C2\C(=O)NC(=O)N(c3ccc(C)cc3)C2=O)c(Br)cc1OCc1cccc(C(=O)O)c1. The number of anilines is 1. The second-order valence-corrected chi connectivity index (χ2v) is 8.97. The summed E-state index contributed by atoms with van der Waals surface area (Å²) in [5.41, 5.74) is 2.28. The van der Waals surface area contributed by atoms with Gasteiger partial charge in [-0.3, -0.25) is 14.9 Å². The normalized spacial score (nSPS) is 14.5. The van der Waals surface area contributed by atoms with E-state index < -0.39 is 23.8 Å². The van der Waals surface area contributed by atoms with Crippen molar-refractivity contribution in [1.29, 1.82) is 0 Å². The van der Waals surface area contributed by atoms with E-state index in [1.54, 1.807) is 48.5 Å². The highest BCUT2D eigenvalue weighted by molar-refractivity contribution is 9.10. The molecule has 3 aromatic carbocycles. The van der Waals surface area contributed by atoms with Crippen LogP contribution in [0.4, 0.5) is 10.5 Å². The number of urea groups is 1. The number of rotatable bonds is 7. The van der Waals surface area contributed by atoms with Gasteiger partial charge in [-0.15, -0.1) is 0 Å². The highest BCUT2D eigenvalue weighted by atomic mass is 79.9. The third-order valence-electron chi connectivity index (χ3n) is 5.54. The minimum atomic E-state index is -1.04. The molecule has 0 unspecified atom stereocenters. The summed E-state index contributed by atoms with van der Waals surface area (Å²) in [5, 5.41) is 11.4. The van der Waals surface area contributed by atoms with Crippen molar-refractivity contribution in [2.75, 3.05) is 12.0 Å². The van der Waals surface area contributed by atoms with Crippen molar-refractivity contribution >= 4 is 51.5 Å². The molecular weight excluding hydrogens is 544 g/mol. The van der Waals surface area contributed by atoms with E-state index in [0.29, 0.717) is 32.8 Å². The number of carboxylic acid groups (broad SMARTS) is 1. The number of benzene rings is 3. The number of barbiturate groups is 1. The van der Waals surface area contributed by atoms with Gasteiger partial charge in [-0.05, 0) is 60.5 Å². The lowest BCUT2D eigenvalue weighted by Gasteiger charge is -2.26. The van der Waals surface area contributed by atoms with Crippen LogP contribution in [0.2, 0.25) is 0 Å². The molecule has 0 bridgehead atoms. The Kier molecular flexibility index (Phi) is 7.40. The molecule has 1 saturated heterocycles. The number of hydrogen-bond donors (Lipinski definition) is 2. The Bertz CT molecular complexity index is 1450. The summed E-state index contributed by atoms with van der Waals surface area (Å²) in [6, 6.07) is 15.5. The molecule has 0 saturated carbocycles. The molecule has 10 heteroatoms. The van der Waals surface area contributed by atoms with Gasteiger partial charge in [0.05, 0.1) is 18.4 Å². The quantitative estimate of drug-likeness (QED) is 0.314. The largest absolute Gasteiger partial charge is 0.493 e. The Morgan fingerprint density at radius 3 is 2.46 bits per heavy atom. The zero-order valence-corrected chi connectivity index (χ0v) is 21.4. The third-order valence-corrected chi connectivity index (χ3v) is 6.23. The first-order valence-electron chi connectivity index (χ1n) is 11.0. The van der Waals surface area contributed by atoms with Crippen LogP contribution in [0.3, 0.4) is 0 Å². The maximum atomic E-state index is 13.2. The zero-order chi connectivity index (χ0) is 26.7. The van der Waals surface area contributed by atoms with Gasteiger partial charge in [0.2, 0.25) is 0 Å². The van der Waals surface area contributed by atoms with Crippen molar-refractivity contribution in [3.63, 3.8) is 0 Å². The molecule has 9 nitrogen and oxygen atoms in total. The molecule has 1 aliphatic heterocycles. The molecule has 188 valence electrons. The molecule has 4 amide bonds. The molecule has 1 fully saturated rings. The molecule has 0 atom stereocenters. The predicted molar refractivity (Wildman–Crippen MR) is 139 cm³/mol. The van der Waals surface area contributed by atoms with E-state index in [4.69, 9.17) is 9.47 Å². The summed E-state index contributed by atoms with van der Waals surface area (Å²) >= 11 is 3.43. The number of aryl methyl sites for hydroxylation is 1. The van der Waals surface area contributed by atoms with Gasteiger partial charge in [0.25, 0.3) is 11.8 Å². The fourth-order valence-electron chi connectivity index (χ4n) is 3.63. The number of methoxy groups -OCH3 is 1. The standard InChI is InChI=1S/C27H21BrN2O7/c1-15-6-8-19(9-7-15)30-25(32)20(24(31)29-27(30)35)11-18-12-22(36-2)23(13-21(18)28)37-14-16-4-3-5-17(10-16)26(33)34/h3-13H,14H2,1-2H3,(H,33,34)(H,29,31,35)/b20-11+. The van der Waals surface area contributed by atoms with Crippen molar-refractivity contribution < 1.29 is 33.8 Å². The summed E-state index contributed by atoms with van der Waals surface area (Å²) in [6.45, 7) is 1.96. The van der Waals surface area contributed by atoms with Gasteiger partial charge in [0.1, 0.15) is 12.2 Å². The van der Waals surface area contributed by atoms with Gasteiger partial charge in [0.15, 0.2) is 11.5 Å². The average Bonchev–Trinajstić information content (AvgIpc) is 2.87. The Morgan fingerprint density at radius 1 is 1.05 bits per heavy atom. The Balaban J connectivity index is 1.62. The number of amides is 4. The summed E-state index contributed by atoms with van der Waals surface area (Å²) in [5.74, 6) is -1.94. The lowest BCUT2D eigenvalue weighted by molar-refractivity contribution is -0.122. The molecule has 2 N–H and O–H groups in total. The van der Waals surface area contributed by atoms with E-state index in [1.807, 2.05) is 6.92 Å². The maximum absolute atomic E-state index is 13.2. The van der Waals surface area contributed by atoms with Crippen LogP contribution in [-0.4, -0.2) is 36.0 Å². The smallest absolute Gasteiger partial charge is 0.335 e. The monoisotopic (exact) mass is 564 g/mol. The van der Waals surface area contributed by atoms with Crippen LogP contribution in [-0.2, 0) is 16.2 Å². The van der Waals surface area contributed by atoms with E-state index in [9.17, 15) is 24.3 Å². The number of ether oxygens (including phenoxy) is 2. The van der Waals surface area contributed by atoms with Crippen molar-refractivity contribution in [3.8, 4) is 11.5 Å². The second-order valence-electron chi connectivity index (χ2n) is 8.11. The van der Waals surface area contributed by atoms with E-state index in [2.05, 4.69) is 21.2 Å². The Morgan fingerprint density at radius 2 is 1.78 bits per heavy atom. The topological polar surface area (TPSA) is 122 Å². The van der Waals surface area contributed by atoms with Gasteiger partial charge in [-0.1, -0.05) is 45.8 Å². The fraction of sp³-hybridized carbons (Fsp3) is 0.111. The molecule has 3 aromatic rings. The van der Waals surface area contributed by atoms with E-state index in [0.717, 1.165) is 10.5 Å². The molecular formula is C27H21BrN2O7. The zero-order valence-electron chi connectivity index (χ0n) is 19.8. The van der Waals surface area contributed by atoms with Crippen LogP contribution in [0.15, 0.2) is 70.7 Å². The molecule has 1 aliphatic rings. The van der Waals surface area contributed by atoms with Crippen LogP contribution in [0, 0.1) is 6.92 Å². The van der Waals surface area contributed by atoms with Crippen molar-refractivity contribution in [2.24, 2.45) is 0 Å². The molecule has 0 radical (unpaired) electrons. The summed E-state index contributed by atoms with van der Waals surface area (Å²) in [7, 11) is 1.44. The van der Waals surface area contributed by atoms with E-state index in [1.165, 1.54) is 25.3 Å². The lowest BCUT2D eigenvalue weighted by Crippen LogP contribution is -2.54. The van der Waals surface area contributed by atoms with Crippen molar-refractivity contribution in [1.82, 2.24) is 5.32 Å². The maximum Gasteiger partial charge on any atom is 0.335 e. The van der Waals surface area contributed by atoms with Crippen LogP contribution in [0.5, 0.6) is 11.5 Å². The fourth-order valence-corrected chi connectivity index (χ4v) is 4.07. The third kappa shape index (κ3) is 5.54. The summed E-state index contributed by atoms with van der Waals surface area (Å²) in [4.78, 5) is 50.3. The summed E-state index contributed by atoms with van der Waals surface area (Å²) in [6.07, 6.45) is 1.36. The Hall–Kier alpha value is -4.44. The van der Waals surface area contributed by atoms with Gasteiger partial charge >= 0.3 is 12.0 Å². The van der Waals surface area contributed by atoms with Crippen LogP contribution >= 0.6 is 15.9 Å². The van der Waals surface area contributed by atoms with Gasteiger partial charge in [-0.25, -0.2) is 14.5 Å². The number of carbonyl (C=O) groups excluding carboxylic acids is 3.